The maximum atomic E-state index is 8.49. The van der Waals surface area contributed by atoms with Crippen molar-refractivity contribution in [1.82, 2.24) is 0 Å². The third-order valence-electron chi connectivity index (χ3n) is 2.81. The van der Waals surface area contributed by atoms with Gasteiger partial charge in [-0.2, -0.15) is 5.26 Å². The molecule has 1 aliphatic rings. The predicted octanol–water partition coefficient (Wildman–Crippen LogP) is 1.94. The Morgan fingerprint density at radius 1 is 1.47 bits per heavy atom. The van der Waals surface area contributed by atoms with Gasteiger partial charge >= 0.3 is 0 Å². The number of anilines is 2. The van der Waals surface area contributed by atoms with Crippen molar-refractivity contribution in [2.24, 2.45) is 0 Å². The minimum Gasteiger partial charge on any atom is -0.399 e. The molecule has 1 heterocycles. The van der Waals surface area contributed by atoms with Crippen molar-refractivity contribution in [2.75, 3.05) is 23.7 Å². The summed E-state index contributed by atoms with van der Waals surface area (Å²) in [4.78, 5) is 2.34. The molecule has 15 heavy (non-hydrogen) atoms. The summed E-state index contributed by atoms with van der Waals surface area (Å²) in [7, 11) is 0. The third-order valence-corrected chi connectivity index (χ3v) is 2.81. The fourth-order valence-corrected chi connectivity index (χ4v) is 2.07. The van der Waals surface area contributed by atoms with E-state index < -0.39 is 0 Å². The van der Waals surface area contributed by atoms with Crippen LogP contribution in [-0.2, 0) is 6.42 Å². The molecule has 2 N–H and O–H groups in total. The number of nitrogens with two attached hydrogens (primary N) is 1. The topological polar surface area (TPSA) is 53.0 Å². The molecule has 3 heteroatoms. The first-order valence-electron chi connectivity index (χ1n) is 5.31. The van der Waals surface area contributed by atoms with Crippen molar-refractivity contribution >= 4 is 11.4 Å². The summed E-state index contributed by atoms with van der Waals surface area (Å²) < 4.78 is 0. The first-order chi connectivity index (χ1) is 7.31. The maximum Gasteiger partial charge on any atom is 0.0622 e. The second-order valence-electron chi connectivity index (χ2n) is 3.89. The Bertz CT molecular complexity index is 392. The quantitative estimate of drug-likeness (QED) is 0.600. The van der Waals surface area contributed by atoms with E-state index in [4.69, 9.17) is 11.0 Å². The van der Waals surface area contributed by atoms with E-state index in [9.17, 15) is 0 Å². The van der Waals surface area contributed by atoms with Gasteiger partial charge in [-0.15, -0.1) is 0 Å². The molecule has 0 atom stereocenters. The van der Waals surface area contributed by atoms with E-state index in [1.54, 1.807) is 0 Å². The van der Waals surface area contributed by atoms with Crippen molar-refractivity contribution in [2.45, 2.75) is 19.3 Å². The van der Waals surface area contributed by atoms with Gasteiger partial charge in [-0.1, -0.05) is 0 Å². The molecule has 0 saturated carbocycles. The highest BCUT2D eigenvalue weighted by atomic mass is 15.1. The highest BCUT2D eigenvalue weighted by molar-refractivity contribution is 5.62. The van der Waals surface area contributed by atoms with Gasteiger partial charge in [-0.3, -0.25) is 0 Å². The van der Waals surface area contributed by atoms with Crippen molar-refractivity contribution < 1.29 is 0 Å². The Labute approximate surface area is 90.1 Å². The minimum atomic E-state index is 0.640. The monoisotopic (exact) mass is 201 g/mol. The van der Waals surface area contributed by atoms with Gasteiger partial charge in [-0.25, -0.2) is 0 Å². The van der Waals surface area contributed by atoms with Crippen LogP contribution in [0.1, 0.15) is 18.4 Å². The van der Waals surface area contributed by atoms with Crippen LogP contribution in [0.2, 0.25) is 0 Å². The maximum absolute atomic E-state index is 8.49. The normalized spacial score (nSPS) is 13.7. The fraction of sp³-hybridized carbons (Fsp3) is 0.417. The summed E-state index contributed by atoms with van der Waals surface area (Å²) in [6.07, 6.45) is 2.66. The molecule has 0 amide bonds. The van der Waals surface area contributed by atoms with E-state index in [0.29, 0.717) is 6.42 Å². The van der Waals surface area contributed by atoms with Crippen LogP contribution in [0.3, 0.4) is 0 Å². The number of fused-ring (bicyclic) bond motifs is 1. The van der Waals surface area contributed by atoms with E-state index in [1.807, 2.05) is 6.07 Å². The van der Waals surface area contributed by atoms with E-state index in [2.05, 4.69) is 23.1 Å². The van der Waals surface area contributed by atoms with Gasteiger partial charge < -0.3 is 10.6 Å². The molecular weight excluding hydrogens is 186 g/mol. The molecule has 0 aliphatic carbocycles. The van der Waals surface area contributed by atoms with Crippen molar-refractivity contribution in [1.29, 1.82) is 5.26 Å². The standard InChI is InChI=1S/C12H15N3/c13-6-1-2-7-15-8-5-10-9-11(14)3-4-12(10)15/h3-4,9H,1-2,5,7-8,14H2. The van der Waals surface area contributed by atoms with Gasteiger partial charge in [-0.05, 0) is 36.6 Å². The smallest absolute Gasteiger partial charge is 0.0622 e. The second kappa shape index (κ2) is 4.22. The first-order valence-corrected chi connectivity index (χ1v) is 5.31. The zero-order chi connectivity index (χ0) is 10.7. The SMILES string of the molecule is N#CCCCN1CCc2cc(N)ccc21. The molecule has 0 saturated heterocycles. The zero-order valence-corrected chi connectivity index (χ0v) is 8.74. The molecular formula is C12H15N3. The Balaban J connectivity index is 2.05. The molecule has 0 spiro atoms. The summed E-state index contributed by atoms with van der Waals surface area (Å²) >= 11 is 0. The molecule has 3 nitrogen and oxygen atoms in total. The Kier molecular flexibility index (Phi) is 2.77. The predicted molar refractivity (Wildman–Crippen MR) is 61.6 cm³/mol. The van der Waals surface area contributed by atoms with E-state index in [0.717, 1.165) is 31.6 Å². The number of benzene rings is 1. The van der Waals surface area contributed by atoms with E-state index in [1.165, 1.54) is 11.3 Å². The van der Waals surface area contributed by atoms with Gasteiger partial charge in [0.05, 0.1) is 6.07 Å². The molecule has 0 bridgehead atoms. The van der Waals surface area contributed by atoms with Crippen LogP contribution in [0.4, 0.5) is 11.4 Å². The molecule has 0 radical (unpaired) electrons. The van der Waals surface area contributed by atoms with Crippen LogP contribution in [0, 0.1) is 11.3 Å². The number of nitrogen functional groups attached to an aromatic ring is 1. The lowest BCUT2D eigenvalue weighted by molar-refractivity contribution is 0.766. The van der Waals surface area contributed by atoms with Crippen LogP contribution in [0.15, 0.2) is 18.2 Å². The van der Waals surface area contributed by atoms with Crippen LogP contribution >= 0.6 is 0 Å². The Morgan fingerprint density at radius 3 is 3.13 bits per heavy atom. The number of hydrogen-bond acceptors (Lipinski definition) is 3. The summed E-state index contributed by atoms with van der Waals surface area (Å²) in [5.41, 5.74) is 9.21. The Hall–Kier alpha value is -1.69. The van der Waals surface area contributed by atoms with Crippen LogP contribution in [0.5, 0.6) is 0 Å². The summed E-state index contributed by atoms with van der Waals surface area (Å²) in [6, 6.07) is 8.27. The van der Waals surface area contributed by atoms with Crippen molar-refractivity contribution in [3.8, 4) is 6.07 Å². The van der Waals surface area contributed by atoms with Gasteiger partial charge in [0.25, 0.3) is 0 Å². The van der Waals surface area contributed by atoms with Crippen LogP contribution in [0.25, 0.3) is 0 Å². The largest absolute Gasteiger partial charge is 0.399 e. The summed E-state index contributed by atoms with van der Waals surface area (Å²) in [5, 5.41) is 8.49. The second-order valence-corrected chi connectivity index (χ2v) is 3.89. The number of hydrogen-bond donors (Lipinski definition) is 1. The molecule has 0 aromatic heterocycles. The molecule has 1 aliphatic heterocycles. The lowest BCUT2D eigenvalue weighted by Gasteiger charge is -2.18. The molecule has 1 aromatic rings. The number of nitriles is 1. The van der Waals surface area contributed by atoms with E-state index in [-0.39, 0.29) is 0 Å². The average molecular weight is 201 g/mol. The highest BCUT2D eigenvalue weighted by Gasteiger charge is 2.17. The number of nitrogens with zero attached hydrogens (tertiary/aromatic N) is 2. The van der Waals surface area contributed by atoms with Crippen LogP contribution < -0.4 is 10.6 Å². The zero-order valence-electron chi connectivity index (χ0n) is 8.74. The number of rotatable bonds is 3. The van der Waals surface area contributed by atoms with E-state index >= 15 is 0 Å². The molecule has 78 valence electrons. The molecule has 2 rings (SSSR count). The highest BCUT2D eigenvalue weighted by Crippen LogP contribution is 2.29. The van der Waals surface area contributed by atoms with Gasteiger partial charge in [0, 0.05) is 30.9 Å². The third kappa shape index (κ3) is 2.04. The minimum absolute atomic E-state index is 0.640. The van der Waals surface area contributed by atoms with Crippen molar-refractivity contribution in [3.05, 3.63) is 23.8 Å². The lowest BCUT2D eigenvalue weighted by atomic mass is 10.1. The fourth-order valence-electron chi connectivity index (χ4n) is 2.07. The van der Waals surface area contributed by atoms with Gasteiger partial charge in [0.2, 0.25) is 0 Å². The molecule has 0 unspecified atom stereocenters. The van der Waals surface area contributed by atoms with Crippen LogP contribution in [-0.4, -0.2) is 13.1 Å². The van der Waals surface area contributed by atoms with Crippen molar-refractivity contribution in [3.63, 3.8) is 0 Å². The number of unbranched alkanes of at least 4 members (excludes halogenated alkanes) is 1. The first kappa shape index (κ1) is 9.85. The lowest BCUT2D eigenvalue weighted by Crippen LogP contribution is -2.21. The average Bonchev–Trinajstić information content (AvgIpc) is 2.61. The Morgan fingerprint density at radius 2 is 2.33 bits per heavy atom. The van der Waals surface area contributed by atoms with Gasteiger partial charge in [0.15, 0.2) is 0 Å². The summed E-state index contributed by atoms with van der Waals surface area (Å²) in [5.74, 6) is 0. The summed E-state index contributed by atoms with van der Waals surface area (Å²) in [6.45, 7) is 2.04. The molecule has 0 fully saturated rings. The molecule has 1 aromatic carbocycles. The van der Waals surface area contributed by atoms with Gasteiger partial charge in [0.1, 0.15) is 0 Å².